The Morgan fingerprint density at radius 2 is 2.18 bits per heavy atom. The molecule has 1 saturated carbocycles. The van der Waals surface area contributed by atoms with Gasteiger partial charge < -0.3 is 15.4 Å². The van der Waals surface area contributed by atoms with Gasteiger partial charge in [-0.15, -0.1) is 5.10 Å². The number of methoxy groups -OCH3 is 1. The van der Waals surface area contributed by atoms with Crippen molar-refractivity contribution in [3.05, 3.63) is 42.0 Å². The van der Waals surface area contributed by atoms with Crippen LogP contribution in [-0.4, -0.2) is 33.8 Å². The summed E-state index contributed by atoms with van der Waals surface area (Å²) in [5.74, 6) is -0.209. The molecule has 0 saturated heterocycles. The van der Waals surface area contributed by atoms with E-state index in [0.29, 0.717) is 28.9 Å². The Labute approximate surface area is 159 Å². The predicted molar refractivity (Wildman–Crippen MR) is 100 cm³/mol. The number of fused-ring (bicyclic) bond motifs is 1. The van der Waals surface area contributed by atoms with Crippen molar-refractivity contribution in [1.29, 1.82) is 5.26 Å². The fraction of sp³-hybridized carbons (Fsp3) is 0.222. The highest BCUT2D eigenvalue weighted by Gasteiger charge is 2.23. The second-order valence-electron chi connectivity index (χ2n) is 6.29. The van der Waals surface area contributed by atoms with Gasteiger partial charge in [0, 0.05) is 17.8 Å². The molecule has 10 heteroatoms. The first-order chi connectivity index (χ1) is 13.6. The Hall–Kier alpha value is -3.87. The molecule has 0 spiro atoms. The van der Waals surface area contributed by atoms with Gasteiger partial charge in [0.25, 0.3) is 0 Å². The number of hydrogen-bond acceptors (Lipinski definition) is 7. The van der Waals surface area contributed by atoms with Crippen LogP contribution in [0.15, 0.2) is 30.5 Å². The van der Waals surface area contributed by atoms with Gasteiger partial charge in [0.1, 0.15) is 11.9 Å². The number of ether oxygens (including phenoxy) is 1. The van der Waals surface area contributed by atoms with Crippen molar-refractivity contribution >= 4 is 34.6 Å². The first kappa shape index (κ1) is 17.5. The molecule has 3 aromatic rings. The van der Waals surface area contributed by atoms with Gasteiger partial charge in [0.05, 0.1) is 24.7 Å². The van der Waals surface area contributed by atoms with Gasteiger partial charge in [0.2, 0.25) is 0 Å². The zero-order valence-electron chi connectivity index (χ0n) is 14.9. The number of carbonyl (C=O) groups is 1. The van der Waals surface area contributed by atoms with Gasteiger partial charge in [-0.2, -0.15) is 9.78 Å². The smallest absolute Gasteiger partial charge is 0.411 e. The summed E-state index contributed by atoms with van der Waals surface area (Å²) in [7, 11) is 1.24. The molecule has 4 rings (SSSR count). The molecule has 0 aliphatic heterocycles. The van der Waals surface area contributed by atoms with Crippen LogP contribution in [0, 0.1) is 17.1 Å². The fourth-order valence-electron chi connectivity index (χ4n) is 2.67. The normalized spacial score (nSPS) is 13.0. The van der Waals surface area contributed by atoms with Crippen LogP contribution >= 0.6 is 0 Å². The van der Waals surface area contributed by atoms with Crippen molar-refractivity contribution in [2.75, 3.05) is 23.1 Å². The molecule has 0 radical (unpaired) electrons. The molecule has 1 aliphatic rings. The Balaban J connectivity index is 1.70. The predicted octanol–water partition coefficient (Wildman–Crippen LogP) is 3.24. The number of aromatic nitrogens is 3. The zero-order valence-corrected chi connectivity index (χ0v) is 14.9. The van der Waals surface area contributed by atoms with E-state index in [4.69, 9.17) is 0 Å². The third-order valence-electron chi connectivity index (χ3n) is 4.18. The zero-order chi connectivity index (χ0) is 19.7. The van der Waals surface area contributed by atoms with E-state index in [-0.39, 0.29) is 11.4 Å². The van der Waals surface area contributed by atoms with Crippen molar-refractivity contribution in [2.45, 2.75) is 18.9 Å². The fourth-order valence-corrected chi connectivity index (χ4v) is 2.67. The standard InChI is InChI=1S/C18H16FN7O2/c1-28-18(27)23-11-4-5-13(19)14(6-11)24-16-7-15(22-10-2-3-10)17-21-9-12(8-20)26(17)25-16/h4-7,9-10,22H,2-3H2,1H3,(H,23,27)(H,24,25). The highest BCUT2D eigenvalue weighted by atomic mass is 19.1. The van der Waals surface area contributed by atoms with Crippen LogP contribution in [0.25, 0.3) is 5.65 Å². The van der Waals surface area contributed by atoms with Crippen LogP contribution in [0.4, 0.5) is 32.1 Å². The lowest BCUT2D eigenvalue weighted by Crippen LogP contribution is -2.11. The quantitative estimate of drug-likeness (QED) is 0.621. The van der Waals surface area contributed by atoms with Crippen LogP contribution in [0.1, 0.15) is 18.5 Å². The van der Waals surface area contributed by atoms with E-state index in [1.807, 2.05) is 6.07 Å². The number of rotatable bonds is 5. The molecule has 0 atom stereocenters. The summed E-state index contributed by atoms with van der Waals surface area (Å²) in [6, 6.07) is 8.15. The lowest BCUT2D eigenvalue weighted by molar-refractivity contribution is 0.187. The third-order valence-corrected chi connectivity index (χ3v) is 4.18. The molecule has 0 unspecified atom stereocenters. The number of halogens is 1. The van der Waals surface area contributed by atoms with Crippen LogP contribution in [-0.2, 0) is 4.74 Å². The average Bonchev–Trinajstić information content (AvgIpc) is 3.40. The summed E-state index contributed by atoms with van der Waals surface area (Å²) in [5, 5.41) is 22.3. The second kappa shape index (κ2) is 7.03. The molecular formula is C18H16FN7O2. The molecule has 28 heavy (non-hydrogen) atoms. The van der Waals surface area contributed by atoms with E-state index >= 15 is 0 Å². The summed E-state index contributed by atoms with van der Waals surface area (Å²) in [6.45, 7) is 0. The summed E-state index contributed by atoms with van der Waals surface area (Å²) in [5.41, 5.74) is 1.95. The minimum absolute atomic E-state index is 0.108. The Bertz CT molecular complexity index is 1100. The Morgan fingerprint density at radius 1 is 1.36 bits per heavy atom. The van der Waals surface area contributed by atoms with Gasteiger partial charge in [-0.1, -0.05) is 0 Å². The number of nitriles is 1. The lowest BCUT2D eigenvalue weighted by Gasteiger charge is -2.12. The molecule has 2 heterocycles. The van der Waals surface area contributed by atoms with E-state index in [1.165, 1.54) is 36.0 Å². The van der Waals surface area contributed by atoms with E-state index < -0.39 is 11.9 Å². The molecule has 1 fully saturated rings. The number of nitrogens with zero attached hydrogens (tertiary/aromatic N) is 4. The molecule has 1 aromatic carbocycles. The van der Waals surface area contributed by atoms with Gasteiger partial charge in [-0.3, -0.25) is 5.32 Å². The van der Waals surface area contributed by atoms with Crippen molar-refractivity contribution in [2.24, 2.45) is 0 Å². The van der Waals surface area contributed by atoms with Crippen molar-refractivity contribution in [3.63, 3.8) is 0 Å². The van der Waals surface area contributed by atoms with Crippen LogP contribution in [0.5, 0.6) is 0 Å². The van der Waals surface area contributed by atoms with Crippen molar-refractivity contribution < 1.29 is 13.9 Å². The molecule has 1 aliphatic carbocycles. The van der Waals surface area contributed by atoms with Gasteiger partial charge in [-0.25, -0.2) is 14.2 Å². The maximum atomic E-state index is 14.3. The van der Waals surface area contributed by atoms with E-state index in [0.717, 1.165) is 12.8 Å². The first-order valence-corrected chi connectivity index (χ1v) is 8.54. The number of benzene rings is 1. The minimum Gasteiger partial charge on any atom is -0.453 e. The van der Waals surface area contributed by atoms with Crippen molar-refractivity contribution in [3.8, 4) is 6.07 Å². The first-order valence-electron chi connectivity index (χ1n) is 8.54. The largest absolute Gasteiger partial charge is 0.453 e. The SMILES string of the molecule is COC(=O)Nc1ccc(F)c(Nc2cc(NC3CC3)c3ncc(C#N)n3n2)c1. The molecule has 1 amide bonds. The summed E-state index contributed by atoms with van der Waals surface area (Å²) >= 11 is 0. The van der Waals surface area contributed by atoms with E-state index in [1.54, 1.807) is 6.07 Å². The molecule has 2 aromatic heterocycles. The summed E-state index contributed by atoms with van der Waals surface area (Å²) in [4.78, 5) is 15.6. The molecule has 9 nitrogen and oxygen atoms in total. The molecular weight excluding hydrogens is 365 g/mol. The highest BCUT2D eigenvalue weighted by Crippen LogP contribution is 2.30. The molecule has 0 bridgehead atoms. The Morgan fingerprint density at radius 3 is 2.89 bits per heavy atom. The number of anilines is 4. The maximum absolute atomic E-state index is 14.3. The topological polar surface area (TPSA) is 116 Å². The Kier molecular flexibility index (Phi) is 4.41. The maximum Gasteiger partial charge on any atom is 0.411 e. The second-order valence-corrected chi connectivity index (χ2v) is 6.29. The number of amides is 1. The van der Waals surface area contributed by atoms with E-state index in [9.17, 15) is 14.4 Å². The van der Waals surface area contributed by atoms with Crippen molar-refractivity contribution in [1.82, 2.24) is 14.6 Å². The number of imidazole rings is 1. The average molecular weight is 381 g/mol. The minimum atomic E-state index is -0.662. The van der Waals surface area contributed by atoms with Gasteiger partial charge in [-0.05, 0) is 31.0 Å². The molecule has 3 N–H and O–H groups in total. The molecule has 142 valence electrons. The van der Waals surface area contributed by atoms with E-state index in [2.05, 4.69) is 30.8 Å². The highest BCUT2D eigenvalue weighted by molar-refractivity contribution is 5.85. The van der Waals surface area contributed by atoms with Gasteiger partial charge in [0.15, 0.2) is 17.2 Å². The third kappa shape index (κ3) is 3.50. The lowest BCUT2D eigenvalue weighted by atomic mass is 10.2. The van der Waals surface area contributed by atoms with Crippen LogP contribution in [0.2, 0.25) is 0 Å². The summed E-state index contributed by atoms with van der Waals surface area (Å²) < 4.78 is 20.2. The van der Waals surface area contributed by atoms with Gasteiger partial charge >= 0.3 is 6.09 Å². The van der Waals surface area contributed by atoms with Crippen LogP contribution in [0.3, 0.4) is 0 Å². The monoisotopic (exact) mass is 381 g/mol. The van der Waals surface area contributed by atoms with Crippen LogP contribution < -0.4 is 16.0 Å². The number of hydrogen-bond donors (Lipinski definition) is 3. The number of nitrogens with one attached hydrogen (secondary N) is 3. The summed E-state index contributed by atoms with van der Waals surface area (Å²) in [6.07, 6.45) is 2.88. The number of carbonyl (C=O) groups excluding carboxylic acids is 1.